The lowest BCUT2D eigenvalue weighted by Gasteiger charge is -2.32. The van der Waals surface area contributed by atoms with Crippen molar-refractivity contribution in [1.82, 2.24) is 4.90 Å². The zero-order chi connectivity index (χ0) is 12.1. The van der Waals surface area contributed by atoms with Gasteiger partial charge in [-0.25, -0.2) is 0 Å². The molecule has 0 bridgehead atoms. The van der Waals surface area contributed by atoms with Crippen LogP contribution in [0.3, 0.4) is 0 Å². The van der Waals surface area contributed by atoms with Crippen molar-refractivity contribution in [3.05, 3.63) is 0 Å². The van der Waals surface area contributed by atoms with E-state index in [1.54, 1.807) is 0 Å². The molecule has 4 heteroatoms. The summed E-state index contributed by atoms with van der Waals surface area (Å²) in [6.07, 6.45) is 4.89. The van der Waals surface area contributed by atoms with Gasteiger partial charge in [0, 0.05) is 25.0 Å². The summed E-state index contributed by atoms with van der Waals surface area (Å²) in [5.41, 5.74) is 5.59. The van der Waals surface area contributed by atoms with Gasteiger partial charge in [-0.1, -0.05) is 33.6 Å². The van der Waals surface area contributed by atoms with Crippen molar-refractivity contribution in [1.29, 1.82) is 0 Å². The molecule has 0 aliphatic heterocycles. The molecule has 1 aliphatic carbocycles. The summed E-state index contributed by atoms with van der Waals surface area (Å²) in [5, 5.41) is 0. The van der Waals surface area contributed by atoms with Crippen LogP contribution < -0.4 is 5.73 Å². The van der Waals surface area contributed by atoms with Gasteiger partial charge in [-0.2, -0.15) is 0 Å². The minimum absolute atomic E-state index is 0. The lowest BCUT2D eigenvalue weighted by molar-refractivity contribution is -0.137. The number of rotatable bonds is 5. The number of nitrogens with two attached hydrogens (primary N) is 1. The number of halogens is 1. The van der Waals surface area contributed by atoms with Crippen LogP contribution >= 0.6 is 12.4 Å². The number of hydrogen-bond acceptors (Lipinski definition) is 2. The molecule has 0 aromatic heterocycles. The molecular weight excluding hydrogens is 236 g/mol. The molecule has 1 fully saturated rings. The largest absolute Gasteiger partial charge is 0.339 e. The topological polar surface area (TPSA) is 46.3 Å². The molecule has 0 aromatic rings. The molecule has 2 N–H and O–H groups in total. The van der Waals surface area contributed by atoms with Gasteiger partial charge in [0.05, 0.1) is 0 Å². The van der Waals surface area contributed by atoms with Crippen molar-refractivity contribution < 1.29 is 4.79 Å². The second-order valence-electron chi connectivity index (χ2n) is 5.46. The predicted octanol–water partition coefficient (Wildman–Crippen LogP) is 2.43. The fourth-order valence-corrected chi connectivity index (χ4v) is 2.41. The van der Waals surface area contributed by atoms with Gasteiger partial charge in [-0.15, -0.1) is 12.4 Å². The highest BCUT2D eigenvalue weighted by atomic mass is 35.5. The number of carbonyl (C=O) groups is 1. The second-order valence-corrected chi connectivity index (χ2v) is 5.46. The van der Waals surface area contributed by atoms with Gasteiger partial charge in [-0.05, 0) is 18.8 Å². The standard InChI is InChI=1S/C13H26N2O.ClH/c1-10(2)9-15(12-6-4-5-7-12)13(16)11(3)8-14;/h10-12H,4-9,14H2,1-3H3;1H. The van der Waals surface area contributed by atoms with Crippen LogP contribution in [0.2, 0.25) is 0 Å². The van der Waals surface area contributed by atoms with Gasteiger partial charge in [-0.3, -0.25) is 4.79 Å². The molecule has 0 saturated heterocycles. The first-order chi connectivity index (χ1) is 7.56. The van der Waals surface area contributed by atoms with E-state index in [0.29, 0.717) is 18.5 Å². The van der Waals surface area contributed by atoms with Crippen molar-refractivity contribution in [3.8, 4) is 0 Å². The van der Waals surface area contributed by atoms with Crippen LogP contribution in [-0.4, -0.2) is 29.9 Å². The molecule has 1 unspecified atom stereocenters. The van der Waals surface area contributed by atoms with Crippen LogP contribution in [0, 0.1) is 11.8 Å². The Morgan fingerprint density at radius 1 is 1.29 bits per heavy atom. The Morgan fingerprint density at radius 2 is 1.82 bits per heavy atom. The Bertz CT molecular complexity index is 227. The maximum Gasteiger partial charge on any atom is 0.226 e. The van der Waals surface area contributed by atoms with E-state index in [9.17, 15) is 4.79 Å². The van der Waals surface area contributed by atoms with Gasteiger partial charge in [0.15, 0.2) is 0 Å². The molecule has 102 valence electrons. The maximum atomic E-state index is 12.2. The monoisotopic (exact) mass is 262 g/mol. The zero-order valence-corrected chi connectivity index (χ0v) is 12.1. The van der Waals surface area contributed by atoms with Crippen molar-refractivity contribution in [2.75, 3.05) is 13.1 Å². The maximum absolute atomic E-state index is 12.2. The lowest BCUT2D eigenvalue weighted by Crippen LogP contribution is -2.45. The first kappa shape index (κ1) is 16.7. The van der Waals surface area contributed by atoms with E-state index >= 15 is 0 Å². The van der Waals surface area contributed by atoms with Crippen molar-refractivity contribution in [2.24, 2.45) is 17.6 Å². The van der Waals surface area contributed by atoms with Gasteiger partial charge < -0.3 is 10.6 Å². The predicted molar refractivity (Wildman–Crippen MR) is 74.3 cm³/mol. The first-order valence-corrected chi connectivity index (χ1v) is 6.56. The molecule has 17 heavy (non-hydrogen) atoms. The van der Waals surface area contributed by atoms with Crippen molar-refractivity contribution in [2.45, 2.75) is 52.5 Å². The molecule has 1 atom stereocenters. The van der Waals surface area contributed by atoms with Crippen molar-refractivity contribution in [3.63, 3.8) is 0 Å². The molecule has 1 amide bonds. The van der Waals surface area contributed by atoms with Gasteiger partial charge >= 0.3 is 0 Å². The highest BCUT2D eigenvalue weighted by Gasteiger charge is 2.29. The van der Waals surface area contributed by atoms with E-state index in [-0.39, 0.29) is 24.2 Å². The molecule has 1 aliphatic rings. The third-order valence-electron chi connectivity index (χ3n) is 3.39. The Labute approximate surface area is 112 Å². The van der Waals surface area contributed by atoms with Gasteiger partial charge in [0.1, 0.15) is 0 Å². The van der Waals surface area contributed by atoms with Gasteiger partial charge in [0.25, 0.3) is 0 Å². The Balaban J connectivity index is 0.00000256. The molecule has 0 aromatic carbocycles. The molecule has 1 rings (SSSR count). The van der Waals surface area contributed by atoms with Crippen LogP contribution in [0.1, 0.15) is 46.5 Å². The molecular formula is C13H27ClN2O. The highest BCUT2D eigenvalue weighted by Crippen LogP contribution is 2.25. The minimum atomic E-state index is -0.0284. The Hall–Kier alpha value is -0.280. The number of amides is 1. The average Bonchev–Trinajstić information content (AvgIpc) is 2.76. The molecule has 0 radical (unpaired) electrons. The molecule has 3 nitrogen and oxygen atoms in total. The summed E-state index contributed by atoms with van der Waals surface area (Å²) < 4.78 is 0. The third-order valence-corrected chi connectivity index (χ3v) is 3.39. The second kappa shape index (κ2) is 7.93. The van der Waals surface area contributed by atoms with Crippen LogP contribution in [0.15, 0.2) is 0 Å². The fraction of sp³-hybridized carbons (Fsp3) is 0.923. The van der Waals surface area contributed by atoms with Crippen LogP contribution in [0.25, 0.3) is 0 Å². The van der Waals surface area contributed by atoms with E-state index in [0.717, 1.165) is 6.54 Å². The summed E-state index contributed by atoms with van der Waals surface area (Å²) in [4.78, 5) is 14.3. The average molecular weight is 263 g/mol. The number of hydrogen-bond donors (Lipinski definition) is 1. The van der Waals surface area contributed by atoms with E-state index in [4.69, 9.17) is 5.73 Å². The zero-order valence-electron chi connectivity index (χ0n) is 11.3. The fourth-order valence-electron chi connectivity index (χ4n) is 2.41. The summed E-state index contributed by atoms with van der Waals surface area (Å²) in [5.74, 6) is 0.761. The van der Waals surface area contributed by atoms with E-state index in [1.807, 2.05) is 6.92 Å². The summed E-state index contributed by atoms with van der Waals surface area (Å²) in [7, 11) is 0. The normalized spacial score (nSPS) is 17.9. The quantitative estimate of drug-likeness (QED) is 0.827. The van der Waals surface area contributed by atoms with Crippen LogP contribution in [0.5, 0.6) is 0 Å². The molecule has 0 heterocycles. The van der Waals surface area contributed by atoms with E-state index < -0.39 is 0 Å². The van der Waals surface area contributed by atoms with Crippen molar-refractivity contribution >= 4 is 18.3 Å². The molecule has 0 spiro atoms. The van der Waals surface area contributed by atoms with E-state index in [1.165, 1.54) is 25.7 Å². The minimum Gasteiger partial charge on any atom is -0.339 e. The Morgan fingerprint density at radius 3 is 2.24 bits per heavy atom. The van der Waals surface area contributed by atoms with Gasteiger partial charge in [0.2, 0.25) is 5.91 Å². The van der Waals surface area contributed by atoms with Crippen LogP contribution in [0.4, 0.5) is 0 Å². The van der Waals surface area contributed by atoms with Crippen LogP contribution in [-0.2, 0) is 4.79 Å². The number of carbonyl (C=O) groups excluding carboxylic acids is 1. The highest BCUT2D eigenvalue weighted by molar-refractivity contribution is 5.85. The first-order valence-electron chi connectivity index (χ1n) is 6.56. The lowest BCUT2D eigenvalue weighted by atomic mass is 10.1. The Kier molecular flexibility index (Phi) is 7.80. The third kappa shape index (κ3) is 4.84. The SMILES string of the molecule is CC(C)CN(C(=O)C(C)CN)C1CCCC1.Cl. The number of nitrogens with zero attached hydrogens (tertiary/aromatic N) is 1. The van der Waals surface area contributed by atoms with E-state index in [2.05, 4.69) is 18.7 Å². The summed E-state index contributed by atoms with van der Waals surface area (Å²) in [6.45, 7) is 7.61. The summed E-state index contributed by atoms with van der Waals surface area (Å²) in [6, 6.07) is 0.476. The summed E-state index contributed by atoms with van der Waals surface area (Å²) >= 11 is 0. The molecule has 1 saturated carbocycles. The smallest absolute Gasteiger partial charge is 0.226 e.